The third-order valence-electron chi connectivity index (χ3n) is 4.72. The molecule has 0 radical (unpaired) electrons. The summed E-state index contributed by atoms with van der Waals surface area (Å²) in [6.45, 7) is 0.599. The fraction of sp³-hybridized carbons (Fsp3) is 0.300. The number of para-hydroxylation sites is 1. The average molecular weight is 417 g/mol. The van der Waals surface area contributed by atoms with Gasteiger partial charge in [-0.05, 0) is 25.0 Å². The minimum Gasteiger partial charge on any atom is -0.481 e. The van der Waals surface area contributed by atoms with Crippen LogP contribution in [0.2, 0.25) is 5.02 Å². The zero-order chi connectivity index (χ0) is 20.4. The highest BCUT2D eigenvalue weighted by molar-refractivity contribution is 6.34. The first-order valence-electron chi connectivity index (χ1n) is 9.03. The molecule has 8 nitrogen and oxygen atoms in total. The third kappa shape index (κ3) is 4.23. The van der Waals surface area contributed by atoms with Gasteiger partial charge in [0.05, 0.1) is 41.4 Å². The van der Waals surface area contributed by atoms with Gasteiger partial charge in [-0.1, -0.05) is 17.7 Å². The van der Waals surface area contributed by atoms with Gasteiger partial charge in [0.25, 0.3) is 0 Å². The quantitative estimate of drug-likeness (QED) is 0.584. The van der Waals surface area contributed by atoms with E-state index in [-0.39, 0.29) is 29.8 Å². The predicted molar refractivity (Wildman–Crippen MR) is 104 cm³/mol. The molecule has 4 rings (SSSR count). The first-order chi connectivity index (χ1) is 14.0. The van der Waals surface area contributed by atoms with Gasteiger partial charge in [0.2, 0.25) is 5.88 Å². The van der Waals surface area contributed by atoms with E-state index in [9.17, 15) is 9.59 Å². The topological polar surface area (TPSA) is 112 Å². The number of benzene rings is 1. The van der Waals surface area contributed by atoms with Crippen molar-refractivity contribution in [2.45, 2.75) is 18.9 Å². The molecule has 1 fully saturated rings. The van der Waals surface area contributed by atoms with Gasteiger partial charge in [-0.15, -0.1) is 0 Å². The molecule has 0 spiro atoms. The van der Waals surface area contributed by atoms with Crippen LogP contribution in [0.15, 0.2) is 45.9 Å². The second-order valence-electron chi connectivity index (χ2n) is 6.68. The van der Waals surface area contributed by atoms with E-state index in [2.05, 4.69) is 9.97 Å². The Morgan fingerprint density at radius 3 is 2.79 bits per heavy atom. The van der Waals surface area contributed by atoms with Gasteiger partial charge in [-0.2, -0.15) is 0 Å². The van der Waals surface area contributed by atoms with Crippen LogP contribution in [-0.2, 0) is 9.53 Å². The number of carbonyl (C=O) groups is 1. The summed E-state index contributed by atoms with van der Waals surface area (Å²) in [5.74, 6) is -0.517. The van der Waals surface area contributed by atoms with Crippen molar-refractivity contribution in [2.75, 3.05) is 13.2 Å². The zero-order valence-corrected chi connectivity index (χ0v) is 16.0. The number of ether oxygens (including phenoxy) is 2. The Labute approximate surface area is 170 Å². The molecule has 0 unspecified atom stereocenters. The molecule has 9 heteroatoms. The number of hydrogen-bond donors (Lipinski definition) is 1. The van der Waals surface area contributed by atoms with Crippen molar-refractivity contribution >= 4 is 28.5 Å². The minimum absolute atomic E-state index is 0.0317. The Morgan fingerprint density at radius 1 is 1.24 bits per heavy atom. The van der Waals surface area contributed by atoms with Crippen LogP contribution in [0.1, 0.15) is 12.8 Å². The maximum absolute atomic E-state index is 12.3. The Kier molecular flexibility index (Phi) is 5.46. The number of fused-ring (bicyclic) bond motifs is 1. The zero-order valence-electron chi connectivity index (χ0n) is 15.2. The lowest BCUT2D eigenvalue weighted by atomic mass is 9.82. The molecule has 29 heavy (non-hydrogen) atoms. The summed E-state index contributed by atoms with van der Waals surface area (Å²) in [5.41, 5.74) is 0.461. The molecule has 2 aromatic heterocycles. The molecule has 0 atom stereocenters. The maximum atomic E-state index is 12.3. The fourth-order valence-corrected chi connectivity index (χ4v) is 3.26. The summed E-state index contributed by atoms with van der Waals surface area (Å²) in [7, 11) is 0. The number of aromatic nitrogens is 2. The minimum atomic E-state index is -0.777. The van der Waals surface area contributed by atoms with Crippen LogP contribution >= 0.6 is 11.6 Å². The van der Waals surface area contributed by atoms with Gasteiger partial charge in [-0.25, -0.2) is 9.97 Å². The van der Waals surface area contributed by atoms with E-state index in [1.807, 2.05) is 0 Å². The van der Waals surface area contributed by atoms with Gasteiger partial charge in [0.1, 0.15) is 12.3 Å². The van der Waals surface area contributed by atoms with Crippen molar-refractivity contribution in [3.05, 3.63) is 51.9 Å². The van der Waals surface area contributed by atoms with Crippen molar-refractivity contribution in [3.63, 3.8) is 0 Å². The van der Waals surface area contributed by atoms with Crippen LogP contribution in [0.4, 0.5) is 0 Å². The highest BCUT2D eigenvalue weighted by atomic mass is 35.5. The van der Waals surface area contributed by atoms with E-state index in [1.54, 1.807) is 18.2 Å². The summed E-state index contributed by atoms with van der Waals surface area (Å²) >= 11 is 6.12. The number of carboxylic acids is 1. The second-order valence-corrected chi connectivity index (χ2v) is 7.09. The highest BCUT2D eigenvalue weighted by Crippen LogP contribution is 2.30. The standard InChI is InChI=1S/C20H17ClN2O6/c21-14-3-1-2-13-16(24)8-17(29-19(13)14)15-9-23-18(10-22-15)28-5-4-27-12-6-11(7-12)20(25)26/h1-3,8-12H,4-7H2,(H,25,26)/t11-,12+. The van der Waals surface area contributed by atoms with Crippen LogP contribution in [0, 0.1) is 5.92 Å². The Morgan fingerprint density at radius 2 is 2.07 bits per heavy atom. The van der Waals surface area contributed by atoms with Crippen molar-refractivity contribution in [2.24, 2.45) is 5.92 Å². The van der Waals surface area contributed by atoms with Crippen LogP contribution < -0.4 is 10.2 Å². The number of carboxylic acid groups (broad SMARTS) is 1. The lowest BCUT2D eigenvalue weighted by Gasteiger charge is -2.31. The first-order valence-corrected chi connectivity index (χ1v) is 9.41. The molecular formula is C20H17ClN2O6. The summed E-state index contributed by atoms with van der Waals surface area (Å²) in [6.07, 6.45) is 3.90. The van der Waals surface area contributed by atoms with E-state index in [4.69, 9.17) is 30.6 Å². The van der Waals surface area contributed by atoms with Crippen LogP contribution in [0.3, 0.4) is 0 Å². The Hall–Kier alpha value is -2.97. The number of hydrogen-bond acceptors (Lipinski definition) is 7. The summed E-state index contributed by atoms with van der Waals surface area (Å²) < 4.78 is 16.7. The van der Waals surface area contributed by atoms with Crippen molar-refractivity contribution < 1.29 is 23.8 Å². The lowest BCUT2D eigenvalue weighted by Crippen LogP contribution is -2.37. The molecule has 1 aromatic carbocycles. The number of rotatable bonds is 7. The van der Waals surface area contributed by atoms with Gasteiger partial charge in [0, 0.05) is 6.07 Å². The average Bonchev–Trinajstić information content (AvgIpc) is 2.67. The molecule has 150 valence electrons. The van der Waals surface area contributed by atoms with E-state index in [0.29, 0.717) is 47.0 Å². The highest BCUT2D eigenvalue weighted by Gasteiger charge is 2.34. The van der Waals surface area contributed by atoms with Crippen molar-refractivity contribution in [1.29, 1.82) is 0 Å². The molecule has 0 saturated heterocycles. The van der Waals surface area contributed by atoms with E-state index >= 15 is 0 Å². The fourth-order valence-electron chi connectivity index (χ4n) is 3.05. The molecule has 1 aliphatic rings. The van der Waals surface area contributed by atoms with Gasteiger partial charge in [0.15, 0.2) is 16.8 Å². The van der Waals surface area contributed by atoms with Gasteiger partial charge >= 0.3 is 5.97 Å². The second kappa shape index (κ2) is 8.18. The summed E-state index contributed by atoms with van der Waals surface area (Å²) in [5, 5.41) is 9.57. The summed E-state index contributed by atoms with van der Waals surface area (Å²) in [4.78, 5) is 31.4. The molecule has 1 saturated carbocycles. The molecular weight excluding hydrogens is 400 g/mol. The Balaban J connectivity index is 1.35. The Bertz CT molecular complexity index is 1090. The molecule has 1 aliphatic carbocycles. The normalized spacial score (nSPS) is 18.4. The van der Waals surface area contributed by atoms with Crippen LogP contribution in [0.25, 0.3) is 22.4 Å². The number of halogens is 1. The molecule has 3 aromatic rings. The molecule has 1 N–H and O–H groups in total. The van der Waals surface area contributed by atoms with E-state index < -0.39 is 5.97 Å². The molecule has 2 heterocycles. The molecule has 0 amide bonds. The van der Waals surface area contributed by atoms with E-state index in [0.717, 1.165) is 0 Å². The largest absolute Gasteiger partial charge is 0.481 e. The maximum Gasteiger partial charge on any atom is 0.306 e. The smallest absolute Gasteiger partial charge is 0.306 e. The number of nitrogens with zero attached hydrogens (tertiary/aromatic N) is 2. The molecule has 0 aliphatic heterocycles. The third-order valence-corrected chi connectivity index (χ3v) is 5.02. The van der Waals surface area contributed by atoms with E-state index in [1.165, 1.54) is 18.5 Å². The van der Waals surface area contributed by atoms with Crippen LogP contribution in [-0.4, -0.2) is 40.4 Å². The van der Waals surface area contributed by atoms with Crippen molar-refractivity contribution in [3.8, 4) is 17.3 Å². The lowest BCUT2D eigenvalue weighted by molar-refractivity contribution is -0.151. The number of aliphatic carboxylic acids is 1. The van der Waals surface area contributed by atoms with Gasteiger partial charge in [-0.3, -0.25) is 9.59 Å². The predicted octanol–water partition coefficient (Wildman–Crippen LogP) is 3.16. The first kappa shape index (κ1) is 19.4. The van der Waals surface area contributed by atoms with Crippen molar-refractivity contribution in [1.82, 2.24) is 9.97 Å². The van der Waals surface area contributed by atoms with Gasteiger partial charge < -0.3 is 19.0 Å². The monoisotopic (exact) mass is 416 g/mol. The SMILES string of the molecule is O=c1cc(-c2cnc(OCCO[C@H]3C[C@@H](C(=O)O)C3)cn2)oc2c(Cl)cccc12. The van der Waals surface area contributed by atoms with Crippen LogP contribution in [0.5, 0.6) is 5.88 Å². The molecule has 0 bridgehead atoms. The summed E-state index contributed by atoms with van der Waals surface area (Å²) in [6, 6.07) is 6.33.